The normalized spacial score (nSPS) is 33.1. The molecule has 2 aromatic rings. The number of hydrogen-bond donors (Lipinski definition) is 0. The molecule has 27 heavy (non-hydrogen) atoms. The minimum atomic E-state index is -0.318. The zero-order chi connectivity index (χ0) is 18.1. The maximum atomic E-state index is 13.0. The largest absolute Gasteiger partial charge is 0.269 e. The summed E-state index contributed by atoms with van der Waals surface area (Å²) in [5.41, 5.74) is 2.01. The highest BCUT2D eigenvalue weighted by Gasteiger charge is 2.60. The predicted molar refractivity (Wildman–Crippen MR) is 99.0 cm³/mol. The second-order valence-corrected chi connectivity index (χ2v) is 7.69. The molecule has 7 rings (SSSR count). The monoisotopic (exact) mass is 358 g/mol. The van der Waals surface area contributed by atoms with E-state index in [1.165, 1.54) is 4.90 Å². The number of benzene rings is 2. The number of amides is 2. The highest BCUT2D eigenvalue weighted by atomic mass is 16.7. The van der Waals surface area contributed by atoms with Gasteiger partial charge in [0, 0.05) is 0 Å². The summed E-state index contributed by atoms with van der Waals surface area (Å²) >= 11 is 0. The Bertz CT molecular complexity index is 951. The lowest BCUT2D eigenvalue weighted by atomic mass is 10.0. The number of para-hydroxylation sites is 1. The van der Waals surface area contributed by atoms with Gasteiger partial charge in [-0.2, -0.15) is 0 Å². The summed E-state index contributed by atoms with van der Waals surface area (Å²) in [6.45, 7) is 0. The summed E-state index contributed by atoms with van der Waals surface area (Å²) in [6, 6.07) is 17.0. The molecule has 0 unspecified atom stereocenters. The van der Waals surface area contributed by atoms with Gasteiger partial charge in [-0.3, -0.25) is 19.3 Å². The Kier molecular flexibility index (Phi) is 2.98. The number of hydroxylamine groups is 1. The van der Waals surface area contributed by atoms with E-state index in [-0.39, 0.29) is 35.9 Å². The van der Waals surface area contributed by atoms with Crippen molar-refractivity contribution in [3.05, 3.63) is 77.9 Å². The average Bonchev–Trinajstić information content (AvgIpc) is 3.49. The van der Waals surface area contributed by atoms with Crippen molar-refractivity contribution in [2.24, 2.45) is 11.8 Å². The number of rotatable bonds is 2. The van der Waals surface area contributed by atoms with Crippen LogP contribution in [-0.4, -0.2) is 34.9 Å². The van der Waals surface area contributed by atoms with Gasteiger partial charge in [-0.1, -0.05) is 42.5 Å². The molecule has 5 heteroatoms. The van der Waals surface area contributed by atoms with Crippen LogP contribution in [0.5, 0.6) is 0 Å². The standard InChI is InChI=1S/C22H18N2O3/c25-21-14-8-4-5-9-15(14)22(26)23(21)20-17-12-16(17)18-10-11-19(20)27-24(18)13-6-2-1-3-7-13/h1-11,16-20H,12H2/t16-,17+,18-,19+,20+/m0/s1. The van der Waals surface area contributed by atoms with Crippen molar-refractivity contribution in [3.63, 3.8) is 0 Å². The van der Waals surface area contributed by atoms with E-state index < -0.39 is 0 Å². The number of fused-ring (bicyclic) bond motifs is 2. The fourth-order valence-corrected chi connectivity index (χ4v) is 4.92. The predicted octanol–water partition coefficient (Wildman–Crippen LogP) is 3.05. The first kappa shape index (κ1) is 15.2. The van der Waals surface area contributed by atoms with Crippen LogP contribution in [0.2, 0.25) is 0 Å². The van der Waals surface area contributed by atoms with Crippen molar-refractivity contribution in [1.82, 2.24) is 4.90 Å². The summed E-state index contributed by atoms with van der Waals surface area (Å²) in [5, 5.41) is 1.97. The molecule has 1 saturated carbocycles. The molecule has 2 amide bonds. The molecule has 0 aromatic heterocycles. The SMILES string of the molecule is O=C1c2ccccc2C(=O)N1[C@@H]1[C@@H]2C[C@@H]2[C@@H]2C=C[C@H]1ON2c1ccccc1. The summed E-state index contributed by atoms with van der Waals surface area (Å²) in [6.07, 6.45) is 4.91. The maximum Gasteiger partial charge on any atom is 0.261 e. The Balaban J connectivity index is 1.39. The van der Waals surface area contributed by atoms with Crippen LogP contribution >= 0.6 is 0 Å². The Hall–Kier alpha value is -2.92. The molecule has 2 fully saturated rings. The van der Waals surface area contributed by atoms with Crippen LogP contribution in [0.25, 0.3) is 0 Å². The molecule has 5 nitrogen and oxygen atoms in total. The molecule has 5 atom stereocenters. The number of carbonyl (C=O) groups excluding carboxylic acids is 2. The molecule has 2 bridgehead atoms. The van der Waals surface area contributed by atoms with E-state index in [1.807, 2.05) is 41.5 Å². The lowest BCUT2D eigenvalue weighted by Crippen LogP contribution is -2.50. The summed E-state index contributed by atoms with van der Waals surface area (Å²) in [7, 11) is 0. The Morgan fingerprint density at radius 2 is 1.48 bits per heavy atom. The van der Waals surface area contributed by atoms with E-state index >= 15 is 0 Å². The highest BCUT2D eigenvalue weighted by molar-refractivity contribution is 6.21. The molecule has 0 radical (unpaired) electrons. The van der Waals surface area contributed by atoms with Gasteiger partial charge in [0.15, 0.2) is 0 Å². The van der Waals surface area contributed by atoms with E-state index in [1.54, 1.807) is 24.3 Å². The molecule has 0 spiro atoms. The molecular weight excluding hydrogens is 340 g/mol. The molecule has 1 saturated heterocycles. The van der Waals surface area contributed by atoms with Crippen LogP contribution in [0.4, 0.5) is 5.69 Å². The van der Waals surface area contributed by atoms with Crippen molar-refractivity contribution in [3.8, 4) is 0 Å². The second-order valence-electron chi connectivity index (χ2n) is 7.69. The van der Waals surface area contributed by atoms with Gasteiger partial charge in [-0.05, 0) is 42.5 Å². The molecule has 3 heterocycles. The number of imide groups is 1. The fourth-order valence-electron chi connectivity index (χ4n) is 4.92. The summed E-state index contributed by atoms with van der Waals surface area (Å²) in [5.74, 6) is 0.286. The number of hydrogen-bond acceptors (Lipinski definition) is 4. The van der Waals surface area contributed by atoms with Gasteiger partial charge in [-0.15, -0.1) is 0 Å². The minimum Gasteiger partial charge on any atom is -0.269 e. The van der Waals surface area contributed by atoms with Crippen molar-refractivity contribution in [1.29, 1.82) is 0 Å². The molecule has 134 valence electrons. The van der Waals surface area contributed by atoms with Crippen LogP contribution in [-0.2, 0) is 4.84 Å². The van der Waals surface area contributed by atoms with Gasteiger partial charge in [0.25, 0.3) is 11.8 Å². The quantitative estimate of drug-likeness (QED) is 0.612. The van der Waals surface area contributed by atoms with E-state index in [2.05, 4.69) is 6.08 Å². The van der Waals surface area contributed by atoms with Gasteiger partial charge in [0.1, 0.15) is 6.10 Å². The third kappa shape index (κ3) is 2.03. The van der Waals surface area contributed by atoms with Crippen molar-refractivity contribution in [2.45, 2.75) is 24.6 Å². The molecule has 3 aliphatic heterocycles. The van der Waals surface area contributed by atoms with Crippen LogP contribution in [0.15, 0.2) is 66.7 Å². The first-order chi connectivity index (χ1) is 13.2. The van der Waals surface area contributed by atoms with E-state index in [0.717, 1.165) is 12.1 Å². The van der Waals surface area contributed by atoms with Crippen molar-refractivity contribution < 1.29 is 14.4 Å². The number of carbonyl (C=O) groups is 2. The maximum absolute atomic E-state index is 13.0. The van der Waals surface area contributed by atoms with Crippen molar-refractivity contribution >= 4 is 17.5 Å². The zero-order valence-electron chi connectivity index (χ0n) is 14.6. The van der Waals surface area contributed by atoms with Crippen LogP contribution in [0.3, 0.4) is 0 Å². The van der Waals surface area contributed by atoms with Crippen LogP contribution in [0.1, 0.15) is 27.1 Å². The van der Waals surface area contributed by atoms with Crippen LogP contribution < -0.4 is 5.06 Å². The van der Waals surface area contributed by atoms with E-state index in [0.29, 0.717) is 17.0 Å². The highest BCUT2D eigenvalue weighted by Crippen LogP contribution is 2.54. The smallest absolute Gasteiger partial charge is 0.261 e. The molecule has 2 aliphatic carbocycles. The van der Waals surface area contributed by atoms with Gasteiger partial charge < -0.3 is 0 Å². The fraction of sp³-hybridized carbons (Fsp3) is 0.273. The van der Waals surface area contributed by atoms with Gasteiger partial charge >= 0.3 is 0 Å². The topological polar surface area (TPSA) is 49.9 Å². The third-order valence-corrected chi connectivity index (χ3v) is 6.24. The Morgan fingerprint density at radius 3 is 2.19 bits per heavy atom. The van der Waals surface area contributed by atoms with Crippen LogP contribution in [0, 0.1) is 11.8 Å². The lowest BCUT2D eigenvalue weighted by Gasteiger charge is -2.38. The van der Waals surface area contributed by atoms with Gasteiger partial charge in [0.05, 0.1) is 28.9 Å². The average molecular weight is 358 g/mol. The molecule has 2 aromatic carbocycles. The molecular formula is C22H18N2O3. The number of nitrogens with zero attached hydrogens (tertiary/aromatic N) is 2. The van der Waals surface area contributed by atoms with Gasteiger partial charge in [0.2, 0.25) is 0 Å². The summed E-state index contributed by atoms with van der Waals surface area (Å²) < 4.78 is 0. The van der Waals surface area contributed by atoms with E-state index in [4.69, 9.17) is 4.84 Å². The molecule has 5 aliphatic rings. The first-order valence-corrected chi connectivity index (χ1v) is 9.40. The molecule has 0 N–H and O–H groups in total. The van der Waals surface area contributed by atoms with Gasteiger partial charge in [-0.25, -0.2) is 5.06 Å². The first-order valence-electron chi connectivity index (χ1n) is 9.40. The lowest BCUT2D eigenvalue weighted by molar-refractivity contribution is -0.00174. The number of anilines is 1. The zero-order valence-corrected chi connectivity index (χ0v) is 14.6. The van der Waals surface area contributed by atoms with Crippen molar-refractivity contribution in [2.75, 3.05) is 5.06 Å². The Labute approximate surface area is 156 Å². The summed E-state index contributed by atoms with van der Waals surface area (Å²) in [4.78, 5) is 33.8. The minimum absolute atomic E-state index is 0.147. The third-order valence-electron chi connectivity index (χ3n) is 6.24. The Morgan fingerprint density at radius 1 is 0.815 bits per heavy atom. The van der Waals surface area contributed by atoms with E-state index in [9.17, 15) is 9.59 Å². The second kappa shape index (κ2) is 5.30.